The second kappa shape index (κ2) is 7.25. The molecule has 0 aliphatic carbocycles. The number of hydrogen-bond acceptors (Lipinski definition) is 6. The molecule has 5 N–H and O–H groups in total. The van der Waals surface area contributed by atoms with Crippen molar-refractivity contribution in [1.82, 2.24) is 4.98 Å². The highest BCUT2D eigenvalue weighted by atomic mass is 79.9. The van der Waals surface area contributed by atoms with Gasteiger partial charge in [-0.2, -0.15) is 0 Å². The molecule has 0 radical (unpaired) electrons. The average Bonchev–Trinajstić information content (AvgIpc) is 2.84. The molecule has 5 nitrogen and oxygen atoms in total. The van der Waals surface area contributed by atoms with Gasteiger partial charge in [-0.05, 0) is 33.5 Å². The summed E-state index contributed by atoms with van der Waals surface area (Å²) in [7, 11) is 0. The number of hydrogen-bond donors (Lipinski definition) is 3. The molecule has 126 valence electrons. The Morgan fingerprint density at radius 3 is 2.65 bits per heavy atom. The van der Waals surface area contributed by atoms with Gasteiger partial charge in [0.25, 0.3) is 0 Å². The maximum absolute atomic E-state index is 6.24. The number of thiazole rings is 1. The standard InChI is InChI=1S/C15H21BrClN5S/c1-15(2,3)8-22(19)11-5-4-10(12(16)13(11)18)20-6-9-7-21-14(17)23-9/h4-5,7,20H,6,8,18-19H2,1-3H3. The van der Waals surface area contributed by atoms with Gasteiger partial charge in [0, 0.05) is 17.6 Å². The lowest BCUT2D eigenvalue weighted by molar-refractivity contribution is 0.412. The zero-order valence-electron chi connectivity index (χ0n) is 13.4. The fourth-order valence-corrected chi connectivity index (χ4v) is 3.51. The molecule has 0 unspecified atom stereocenters. The molecular weight excluding hydrogens is 398 g/mol. The predicted molar refractivity (Wildman–Crippen MR) is 104 cm³/mol. The van der Waals surface area contributed by atoms with Crippen molar-refractivity contribution in [3.8, 4) is 0 Å². The summed E-state index contributed by atoms with van der Waals surface area (Å²) in [6.07, 6.45) is 1.76. The lowest BCUT2D eigenvalue weighted by Crippen LogP contribution is -2.38. The SMILES string of the molecule is CC(C)(C)CN(N)c1ccc(NCc2cnc(Cl)s2)c(Br)c1N. The number of rotatable bonds is 5. The molecule has 2 aromatic rings. The molecule has 1 aromatic heterocycles. The van der Waals surface area contributed by atoms with E-state index in [0.29, 0.717) is 23.2 Å². The van der Waals surface area contributed by atoms with Crippen molar-refractivity contribution in [2.45, 2.75) is 27.3 Å². The molecule has 1 heterocycles. The molecule has 0 fully saturated rings. The average molecular weight is 419 g/mol. The molecule has 8 heteroatoms. The van der Waals surface area contributed by atoms with E-state index in [-0.39, 0.29) is 5.41 Å². The van der Waals surface area contributed by atoms with Crippen LogP contribution in [0.15, 0.2) is 22.8 Å². The minimum Gasteiger partial charge on any atom is -0.396 e. The van der Waals surface area contributed by atoms with E-state index in [0.717, 1.165) is 20.7 Å². The van der Waals surface area contributed by atoms with Crippen LogP contribution in [0.25, 0.3) is 0 Å². The summed E-state index contributed by atoms with van der Waals surface area (Å²) in [6, 6.07) is 3.88. The van der Waals surface area contributed by atoms with Gasteiger partial charge in [-0.25, -0.2) is 10.8 Å². The van der Waals surface area contributed by atoms with Crippen LogP contribution in [0.2, 0.25) is 4.47 Å². The lowest BCUT2D eigenvalue weighted by atomic mass is 9.96. The summed E-state index contributed by atoms with van der Waals surface area (Å²) < 4.78 is 1.34. The lowest BCUT2D eigenvalue weighted by Gasteiger charge is -2.29. The summed E-state index contributed by atoms with van der Waals surface area (Å²) in [4.78, 5) is 5.08. The second-order valence-electron chi connectivity index (χ2n) is 6.48. The van der Waals surface area contributed by atoms with E-state index in [4.69, 9.17) is 23.2 Å². The van der Waals surface area contributed by atoms with E-state index in [1.165, 1.54) is 11.3 Å². The van der Waals surface area contributed by atoms with Gasteiger partial charge in [0.1, 0.15) is 0 Å². The molecule has 0 amide bonds. The molecule has 0 bridgehead atoms. The van der Waals surface area contributed by atoms with Crippen LogP contribution in [-0.4, -0.2) is 11.5 Å². The Morgan fingerprint density at radius 1 is 1.39 bits per heavy atom. The van der Waals surface area contributed by atoms with Crippen LogP contribution in [0.3, 0.4) is 0 Å². The first kappa shape index (κ1) is 18.3. The van der Waals surface area contributed by atoms with E-state index in [9.17, 15) is 0 Å². The minimum absolute atomic E-state index is 0.0794. The quantitative estimate of drug-likeness (QED) is 0.379. The molecule has 0 aliphatic heterocycles. The summed E-state index contributed by atoms with van der Waals surface area (Å²) >= 11 is 10.8. The van der Waals surface area contributed by atoms with Crippen molar-refractivity contribution >= 4 is 55.9 Å². The van der Waals surface area contributed by atoms with Crippen LogP contribution >= 0.6 is 38.9 Å². The highest BCUT2D eigenvalue weighted by molar-refractivity contribution is 9.10. The van der Waals surface area contributed by atoms with Gasteiger partial charge in [0.15, 0.2) is 4.47 Å². The van der Waals surface area contributed by atoms with Crippen molar-refractivity contribution in [1.29, 1.82) is 0 Å². The van der Waals surface area contributed by atoms with Gasteiger partial charge in [-0.1, -0.05) is 32.4 Å². The zero-order chi connectivity index (χ0) is 17.2. The van der Waals surface area contributed by atoms with Crippen molar-refractivity contribution in [3.05, 3.63) is 32.1 Å². The van der Waals surface area contributed by atoms with Crippen LogP contribution < -0.4 is 21.9 Å². The minimum atomic E-state index is 0.0794. The van der Waals surface area contributed by atoms with Crippen molar-refractivity contribution in [2.75, 3.05) is 22.6 Å². The Balaban J connectivity index is 2.13. The second-order valence-corrected chi connectivity index (χ2v) is 8.97. The van der Waals surface area contributed by atoms with Gasteiger partial charge in [-0.15, -0.1) is 11.3 Å². The van der Waals surface area contributed by atoms with Gasteiger partial charge in [-0.3, -0.25) is 0 Å². The first-order valence-corrected chi connectivity index (χ1v) is 9.10. The smallest absolute Gasteiger partial charge is 0.183 e. The van der Waals surface area contributed by atoms with Gasteiger partial charge in [0.05, 0.1) is 28.1 Å². The number of hydrazine groups is 1. The maximum atomic E-state index is 6.24. The Bertz CT molecular complexity index is 683. The van der Waals surface area contributed by atoms with Crippen LogP contribution in [0.1, 0.15) is 25.6 Å². The van der Waals surface area contributed by atoms with E-state index in [2.05, 4.69) is 47.0 Å². The fraction of sp³-hybridized carbons (Fsp3) is 0.400. The van der Waals surface area contributed by atoms with Crippen LogP contribution in [0.4, 0.5) is 17.1 Å². The molecule has 0 saturated carbocycles. The number of benzene rings is 1. The number of nitrogen functional groups attached to an aromatic ring is 1. The number of halogens is 2. The third-order valence-corrected chi connectivity index (χ3v) is 5.06. The van der Waals surface area contributed by atoms with Gasteiger partial charge in [0.2, 0.25) is 0 Å². The molecule has 0 spiro atoms. The highest BCUT2D eigenvalue weighted by Gasteiger charge is 2.18. The summed E-state index contributed by atoms with van der Waals surface area (Å²) in [5.74, 6) is 6.16. The van der Waals surface area contributed by atoms with Crippen LogP contribution in [-0.2, 0) is 6.54 Å². The summed E-state index contributed by atoms with van der Waals surface area (Å²) in [5, 5.41) is 5.01. The molecule has 0 saturated heterocycles. The van der Waals surface area contributed by atoms with Crippen LogP contribution in [0, 0.1) is 5.41 Å². The molecular formula is C15H21BrClN5S. The summed E-state index contributed by atoms with van der Waals surface area (Å²) in [6.45, 7) is 7.74. The molecule has 0 atom stereocenters. The summed E-state index contributed by atoms with van der Waals surface area (Å²) in [5.41, 5.74) is 8.64. The topological polar surface area (TPSA) is 80.2 Å². The largest absolute Gasteiger partial charge is 0.396 e. The number of aromatic nitrogens is 1. The Labute approximate surface area is 154 Å². The third kappa shape index (κ3) is 4.97. The normalized spacial score (nSPS) is 11.6. The molecule has 0 aliphatic rings. The number of nitrogens with two attached hydrogens (primary N) is 2. The van der Waals surface area contributed by atoms with E-state index in [1.54, 1.807) is 11.2 Å². The van der Waals surface area contributed by atoms with Crippen molar-refractivity contribution < 1.29 is 0 Å². The van der Waals surface area contributed by atoms with Crippen molar-refractivity contribution in [2.24, 2.45) is 11.3 Å². The molecule has 2 rings (SSSR count). The van der Waals surface area contributed by atoms with Crippen molar-refractivity contribution in [3.63, 3.8) is 0 Å². The number of nitrogens with zero attached hydrogens (tertiary/aromatic N) is 2. The molecule has 23 heavy (non-hydrogen) atoms. The van der Waals surface area contributed by atoms with Crippen LogP contribution in [0.5, 0.6) is 0 Å². The number of nitrogens with one attached hydrogen (secondary N) is 1. The predicted octanol–water partition coefficient (Wildman–Crippen LogP) is 4.48. The van der Waals surface area contributed by atoms with Gasteiger partial charge >= 0.3 is 0 Å². The van der Waals surface area contributed by atoms with E-state index < -0.39 is 0 Å². The Hall–Kier alpha value is -1.02. The monoisotopic (exact) mass is 417 g/mol. The Morgan fingerprint density at radius 2 is 2.09 bits per heavy atom. The number of anilines is 3. The fourth-order valence-electron chi connectivity index (χ4n) is 2.11. The van der Waals surface area contributed by atoms with E-state index >= 15 is 0 Å². The maximum Gasteiger partial charge on any atom is 0.183 e. The highest BCUT2D eigenvalue weighted by Crippen LogP contribution is 2.37. The van der Waals surface area contributed by atoms with E-state index in [1.807, 2.05) is 12.1 Å². The molecule has 1 aromatic carbocycles. The first-order chi connectivity index (χ1) is 10.7. The zero-order valence-corrected chi connectivity index (χ0v) is 16.5. The third-order valence-electron chi connectivity index (χ3n) is 3.09. The van der Waals surface area contributed by atoms with Gasteiger partial charge < -0.3 is 16.1 Å². The first-order valence-electron chi connectivity index (χ1n) is 7.11. The Kier molecular flexibility index (Phi) is 5.78.